The number of fused-ring (bicyclic) bond motifs is 1. The van der Waals surface area contributed by atoms with Crippen molar-refractivity contribution in [3.05, 3.63) is 34.3 Å². The number of anilines is 1. The van der Waals surface area contributed by atoms with E-state index in [2.05, 4.69) is 22.1 Å². The molecule has 1 amide bonds. The van der Waals surface area contributed by atoms with E-state index in [4.69, 9.17) is 9.47 Å². The highest BCUT2D eigenvalue weighted by atomic mass is 32.1. The van der Waals surface area contributed by atoms with Crippen molar-refractivity contribution in [3.8, 4) is 11.5 Å². The average molecular weight is 375 g/mol. The zero-order chi connectivity index (χ0) is 18.5. The highest BCUT2D eigenvalue weighted by Gasteiger charge is 2.20. The minimum absolute atomic E-state index is 0.0340. The molecule has 140 valence electrons. The van der Waals surface area contributed by atoms with Crippen LogP contribution in [0.15, 0.2) is 18.2 Å². The van der Waals surface area contributed by atoms with Crippen molar-refractivity contribution in [2.45, 2.75) is 32.7 Å². The quantitative estimate of drug-likeness (QED) is 0.806. The Morgan fingerprint density at radius 3 is 2.92 bits per heavy atom. The van der Waals surface area contributed by atoms with Crippen LogP contribution in [-0.2, 0) is 24.2 Å². The minimum Gasteiger partial charge on any atom is -0.497 e. The molecule has 2 aromatic rings. The molecule has 0 bridgehead atoms. The second-order valence-electron chi connectivity index (χ2n) is 6.23. The number of hydrogen-bond donors (Lipinski definition) is 1. The number of amides is 1. The lowest BCUT2D eigenvalue weighted by Crippen LogP contribution is -2.29. The molecule has 1 aromatic heterocycles. The van der Waals surface area contributed by atoms with E-state index >= 15 is 0 Å². The summed E-state index contributed by atoms with van der Waals surface area (Å²) >= 11 is 1.59. The number of carbonyl (C=O) groups is 1. The van der Waals surface area contributed by atoms with Gasteiger partial charge in [-0.15, -0.1) is 11.3 Å². The fourth-order valence-electron chi connectivity index (χ4n) is 3.08. The second kappa shape index (κ2) is 8.51. The molecule has 0 saturated carbocycles. The molecule has 1 aromatic carbocycles. The lowest BCUT2D eigenvalue weighted by Gasteiger charge is -2.23. The first-order chi connectivity index (χ1) is 12.6. The molecule has 6 nitrogen and oxygen atoms in total. The van der Waals surface area contributed by atoms with Crippen LogP contribution < -0.4 is 14.8 Å². The summed E-state index contributed by atoms with van der Waals surface area (Å²) in [4.78, 5) is 20.6. The molecule has 1 aliphatic heterocycles. The van der Waals surface area contributed by atoms with Gasteiger partial charge in [0.25, 0.3) is 0 Å². The molecule has 0 atom stereocenters. The number of ether oxygens (including phenoxy) is 2. The highest BCUT2D eigenvalue weighted by molar-refractivity contribution is 7.15. The minimum atomic E-state index is -0.0340. The zero-order valence-electron chi connectivity index (χ0n) is 15.5. The Morgan fingerprint density at radius 1 is 1.35 bits per heavy atom. The summed E-state index contributed by atoms with van der Waals surface area (Å²) in [5.74, 6) is 1.49. The lowest BCUT2D eigenvalue weighted by molar-refractivity contribution is -0.116. The number of aromatic nitrogens is 1. The summed E-state index contributed by atoms with van der Waals surface area (Å²) in [6, 6.07) is 5.62. The van der Waals surface area contributed by atoms with Gasteiger partial charge in [-0.25, -0.2) is 4.98 Å². The number of likely N-dealkylation sites (N-methyl/N-ethyl adjacent to an activating group) is 1. The molecule has 0 fully saturated rings. The van der Waals surface area contributed by atoms with E-state index < -0.39 is 0 Å². The molecule has 1 aliphatic rings. The molecule has 0 saturated heterocycles. The maximum atomic E-state index is 12.3. The van der Waals surface area contributed by atoms with E-state index in [1.54, 1.807) is 25.6 Å². The fourth-order valence-corrected chi connectivity index (χ4v) is 4.15. The Hall–Kier alpha value is -2.12. The van der Waals surface area contributed by atoms with E-state index in [0.29, 0.717) is 18.0 Å². The summed E-state index contributed by atoms with van der Waals surface area (Å²) < 4.78 is 10.6. The van der Waals surface area contributed by atoms with Gasteiger partial charge in [0.05, 0.1) is 19.9 Å². The van der Waals surface area contributed by atoms with Crippen molar-refractivity contribution >= 4 is 22.4 Å². The summed E-state index contributed by atoms with van der Waals surface area (Å²) in [6.45, 7) is 5.18. The van der Waals surface area contributed by atoms with Crippen molar-refractivity contribution in [1.82, 2.24) is 9.88 Å². The monoisotopic (exact) mass is 375 g/mol. The molecule has 3 rings (SSSR count). The van der Waals surface area contributed by atoms with Gasteiger partial charge in [0, 0.05) is 30.8 Å². The van der Waals surface area contributed by atoms with Gasteiger partial charge in [-0.05, 0) is 36.7 Å². The second-order valence-corrected chi connectivity index (χ2v) is 7.32. The van der Waals surface area contributed by atoms with E-state index in [1.807, 2.05) is 18.2 Å². The van der Waals surface area contributed by atoms with Gasteiger partial charge in [0.1, 0.15) is 11.5 Å². The van der Waals surface area contributed by atoms with Crippen LogP contribution in [0.25, 0.3) is 0 Å². The summed E-state index contributed by atoms with van der Waals surface area (Å²) in [7, 11) is 3.26. The number of hydrogen-bond acceptors (Lipinski definition) is 6. The normalized spacial score (nSPS) is 14.0. The molecule has 0 radical (unpaired) electrons. The van der Waals surface area contributed by atoms with Crippen molar-refractivity contribution in [2.24, 2.45) is 0 Å². The zero-order valence-corrected chi connectivity index (χ0v) is 16.3. The maximum Gasteiger partial charge on any atom is 0.226 e. The van der Waals surface area contributed by atoms with Gasteiger partial charge in [-0.3, -0.25) is 9.69 Å². The van der Waals surface area contributed by atoms with Crippen molar-refractivity contribution in [2.75, 3.05) is 32.6 Å². The van der Waals surface area contributed by atoms with Gasteiger partial charge < -0.3 is 14.8 Å². The fraction of sp³-hybridized carbons (Fsp3) is 0.474. The van der Waals surface area contributed by atoms with Crippen molar-refractivity contribution < 1.29 is 14.3 Å². The van der Waals surface area contributed by atoms with Crippen LogP contribution in [-0.4, -0.2) is 43.1 Å². The molecular formula is C19H25N3O3S. The molecule has 7 heteroatoms. The van der Waals surface area contributed by atoms with E-state index in [0.717, 1.165) is 48.8 Å². The number of nitrogens with one attached hydrogen (secondary N) is 1. The highest BCUT2D eigenvalue weighted by Crippen LogP contribution is 2.29. The van der Waals surface area contributed by atoms with Crippen LogP contribution in [0.4, 0.5) is 5.13 Å². The molecular weight excluding hydrogens is 350 g/mol. The molecule has 2 heterocycles. The smallest absolute Gasteiger partial charge is 0.226 e. The third-order valence-corrected chi connectivity index (χ3v) is 5.61. The number of rotatable bonds is 7. The van der Waals surface area contributed by atoms with Crippen LogP contribution in [0.5, 0.6) is 11.5 Å². The molecule has 26 heavy (non-hydrogen) atoms. The molecule has 1 N–H and O–H groups in total. The topological polar surface area (TPSA) is 63.7 Å². The number of methoxy groups -OCH3 is 2. The van der Waals surface area contributed by atoms with Gasteiger partial charge in [-0.1, -0.05) is 6.92 Å². The molecule has 0 aliphatic carbocycles. The van der Waals surface area contributed by atoms with Crippen molar-refractivity contribution in [1.29, 1.82) is 0 Å². The van der Waals surface area contributed by atoms with Crippen molar-refractivity contribution in [3.63, 3.8) is 0 Å². The average Bonchev–Trinajstić information content (AvgIpc) is 3.07. The first kappa shape index (κ1) is 18.7. The van der Waals surface area contributed by atoms with Crippen LogP contribution in [0.2, 0.25) is 0 Å². The number of benzene rings is 1. The predicted molar refractivity (Wildman–Crippen MR) is 103 cm³/mol. The van der Waals surface area contributed by atoms with Gasteiger partial charge in [-0.2, -0.15) is 0 Å². The van der Waals surface area contributed by atoms with Crippen LogP contribution in [0.1, 0.15) is 29.5 Å². The summed E-state index contributed by atoms with van der Waals surface area (Å²) in [5.41, 5.74) is 2.09. The van der Waals surface area contributed by atoms with Crippen LogP contribution >= 0.6 is 11.3 Å². The third kappa shape index (κ3) is 4.34. The number of thiazole rings is 1. The van der Waals surface area contributed by atoms with Gasteiger partial charge in [0.15, 0.2) is 5.13 Å². The SMILES string of the molecule is CCN1CCc2nc(NC(=O)CCc3cc(OC)ccc3OC)sc2C1. The standard InChI is InChI=1S/C19H25N3O3S/c1-4-22-10-9-15-17(12-22)26-19(20-15)21-18(23)8-5-13-11-14(24-2)6-7-16(13)25-3/h6-7,11H,4-5,8-10,12H2,1-3H3,(H,20,21,23). The Balaban J connectivity index is 1.59. The summed E-state index contributed by atoms with van der Waals surface area (Å²) in [6.07, 6.45) is 1.91. The number of aryl methyl sites for hydroxylation is 1. The van der Waals surface area contributed by atoms with Gasteiger partial charge in [0.2, 0.25) is 5.91 Å². The summed E-state index contributed by atoms with van der Waals surface area (Å²) in [5, 5.41) is 3.65. The van der Waals surface area contributed by atoms with Crippen LogP contribution in [0, 0.1) is 0 Å². The molecule has 0 spiro atoms. The van der Waals surface area contributed by atoms with E-state index in [-0.39, 0.29) is 5.91 Å². The third-order valence-electron chi connectivity index (χ3n) is 4.61. The van der Waals surface area contributed by atoms with E-state index in [9.17, 15) is 4.79 Å². The predicted octanol–water partition coefficient (Wildman–Crippen LogP) is 3.11. The molecule has 0 unspecified atom stereocenters. The maximum absolute atomic E-state index is 12.3. The number of nitrogens with zero attached hydrogens (tertiary/aromatic N) is 2. The van der Waals surface area contributed by atoms with Crippen LogP contribution in [0.3, 0.4) is 0 Å². The first-order valence-electron chi connectivity index (χ1n) is 8.84. The number of carbonyl (C=O) groups excluding carboxylic acids is 1. The largest absolute Gasteiger partial charge is 0.497 e. The van der Waals surface area contributed by atoms with E-state index in [1.165, 1.54) is 4.88 Å². The first-order valence-corrected chi connectivity index (χ1v) is 9.66. The Morgan fingerprint density at radius 2 is 2.19 bits per heavy atom. The Kier molecular flexibility index (Phi) is 6.11. The Bertz CT molecular complexity index is 775. The Labute approximate surface area is 158 Å². The van der Waals surface area contributed by atoms with Gasteiger partial charge >= 0.3 is 0 Å². The lowest BCUT2D eigenvalue weighted by atomic mass is 10.1.